The van der Waals surface area contributed by atoms with Gasteiger partial charge in [0.25, 0.3) is 0 Å². The summed E-state index contributed by atoms with van der Waals surface area (Å²) in [6, 6.07) is 6.17. The second kappa shape index (κ2) is 6.01. The van der Waals surface area contributed by atoms with Crippen LogP contribution in [0, 0.1) is 13.8 Å². The molecule has 1 saturated carbocycles. The van der Waals surface area contributed by atoms with Gasteiger partial charge in [-0.3, -0.25) is 9.63 Å². The summed E-state index contributed by atoms with van der Waals surface area (Å²) < 4.78 is 0. The summed E-state index contributed by atoms with van der Waals surface area (Å²) in [5.41, 5.74) is 5.98. The van der Waals surface area contributed by atoms with Gasteiger partial charge in [0.05, 0.1) is 12.5 Å². The highest BCUT2D eigenvalue weighted by atomic mass is 16.7. The monoisotopic (exact) mass is 247 g/mol. The van der Waals surface area contributed by atoms with E-state index < -0.39 is 0 Å². The Morgan fingerprint density at radius 1 is 1.33 bits per heavy atom. The van der Waals surface area contributed by atoms with Gasteiger partial charge < -0.3 is 0 Å². The van der Waals surface area contributed by atoms with E-state index in [9.17, 15) is 4.79 Å². The Hall–Kier alpha value is -1.35. The number of amides is 1. The third-order valence-corrected chi connectivity index (χ3v) is 3.50. The molecular formula is C15H21NO2. The van der Waals surface area contributed by atoms with Gasteiger partial charge in [-0.25, -0.2) is 5.48 Å². The smallest absolute Gasteiger partial charge is 0.247 e. The van der Waals surface area contributed by atoms with E-state index in [-0.39, 0.29) is 12.0 Å². The Bertz CT molecular complexity index is 423. The fourth-order valence-electron chi connectivity index (χ4n) is 2.36. The molecule has 1 aliphatic carbocycles. The molecule has 3 heteroatoms. The molecule has 0 aromatic heterocycles. The molecule has 1 aromatic rings. The highest BCUT2D eigenvalue weighted by molar-refractivity contribution is 5.78. The molecule has 98 valence electrons. The Labute approximate surface area is 108 Å². The molecule has 18 heavy (non-hydrogen) atoms. The molecule has 1 N–H and O–H groups in total. The number of aryl methyl sites for hydroxylation is 2. The summed E-state index contributed by atoms with van der Waals surface area (Å²) in [4.78, 5) is 17.2. The maximum absolute atomic E-state index is 11.8. The minimum absolute atomic E-state index is 0.0596. The zero-order valence-electron chi connectivity index (χ0n) is 11.2. The van der Waals surface area contributed by atoms with Crippen molar-refractivity contribution in [2.75, 3.05) is 0 Å². The summed E-state index contributed by atoms with van der Waals surface area (Å²) in [6.07, 6.45) is 5.13. The van der Waals surface area contributed by atoms with Crippen LogP contribution < -0.4 is 5.48 Å². The number of rotatable bonds is 4. The van der Waals surface area contributed by atoms with Crippen LogP contribution >= 0.6 is 0 Å². The number of hydrogen-bond acceptors (Lipinski definition) is 2. The van der Waals surface area contributed by atoms with Crippen molar-refractivity contribution in [3.05, 3.63) is 34.9 Å². The van der Waals surface area contributed by atoms with Crippen LogP contribution in [0.5, 0.6) is 0 Å². The van der Waals surface area contributed by atoms with Crippen LogP contribution in [0.15, 0.2) is 18.2 Å². The van der Waals surface area contributed by atoms with Crippen molar-refractivity contribution >= 4 is 5.91 Å². The van der Waals surface area contributed by atoms with E-state index in [4.69, 9.17) is 4.84 Å². The van der Waals surface area contributed by atoms with Crippen LogP contribution in [0.2, 0.25) is 0 Å². The van der Waals surface area contributed by atoms with E-state index in [2.05, 4.69) is 23.7 Å². The zero-order valence-corrected chi connectivity index (χ0v) is 11.2. The van der Waals surface area contributed by atoms with Crippen molar-refractivity contribution in [2.45, 2.75) is 52.1 Å². The molecule has 0 atom stereocenters. The minimum atomic E-state index is -0.0596. The van der Waals surface area contributed by atoms with Crippen LogP contribution in [0.1, 0.15) is 42.4 Å². The zero-order chi connectivity index (χ0) is 13.0. The van der Waals surface area contributed by atoms with Crippen LogP contribution in [-0.4, -0.2) is 12.0 Å². The molecule has 1 aliphatic rings. The lowest BCUT2D eigenvalue weighted by atomic mass is 10.0. The lowest BCUT2D eigenvalue weighted by molar-refractivity contribution is -0.137. The first-order valence-corrected chi connectivity index (χ1v) is 6.66. The van der Waals surface area contributed by atoms with Gasteiger partial charge in [-0.15, -0.1) is 0 Å². The molecule has 0 radical (unpaired) electrons. The molecule has 1 amide bonds. The van der Waals surface area contributed by atoms with Gasteiger partial charge >= 0.3 is 0 Å². The van der Waals surface area contributed by atoms with E-state index >= 15 is 0 Å². The molecule has 0 heterocycles. The van der Waals surface area contributed by atoms with Gasteiger partial charge in [-0.1, -0.05) is 36.6 Å². The van der Waals surface area contributed by atoms with Crippen molar-refractivity contribution in [3.8, 4) is 0 Å². The van der Waals surface area contributed by atoms with Crippen molar-refractivity contribution in [1.82, 2.24) is 5.48 Å². The Balaban J connectivity index is 1.84. The predicted molar refractivity (Wildman–Crippen MR) is 71.1 cm³/mol. The van der Waals surface area contributed by atoms with Crippen LogP contribution in [0.3, 0.4) is 0 Å². The van der Waals surface area contributed by atoms with E-state index in [0.29, 0.717) is 6.42 Å². The standard InChI is InChI=1S/C15H21NO2/c1-11-7-8-12(2)13(9-11)10-15(17)16-18-14-5-3-4-6-14/h7-9,14H,3-6,10H2,1-2H3,(H,16,17). The van der Waals surface area contributed by atoms with Gasteiger partial charge in [-0.2, -0.15) is 0 Å². The summed E-state index contributed by atoms with van der Waals surface area (Å²) >= 11 is 0. The summed E-state index contributed by atoms with van der Waals surface area (Å²) in [6.45, 7) is 4.07. The highest BCUT2D eigenvalue weighted by Crippen LogP contribution is 2.20. The third-order valence-electron chi connectivity index (χ3n) is 3.50. The number of carbonyl (C=O) groups is 1. The molecule has 0 saturated heterocycles. The second-order valence-corrected chi connectivity index (χ2v) is 5.16. The average molecular weight is 247 g/mol. The molecule has 0 spiro atoms. The fraction of sp³-hybridized carbons (Fsp3) is 0.533. The van der Waals surface area contributed by atoms with Crippen LogP contribution in [0.4, 0.5) is 0 Å². The summed E-state index contributed by atoms with van der Waals surface area (Å²) in [5.74, 6) is -0.0596. The topological polar surface area (TPSA) is 38.3 Å². The highest BCUT2D eigenvalue weighted by Gasteiger charge is 2.17. The number of hydrogen-bond donors (Lipinski definition) is 1. The quantitative estimate of drug-likeness (QED) is 0.831. The molecule has 1 aromatic carbocycles. The lowest BCUT2D eigenvalue weighted by Crippen LogP contribution is -2.29. The van der Waals surface area contributed by atoms with Crippen LogP contribution in [-0.2, 0) is 16.1 Å². The summed E-state index contributed by atoms with van der Waals surface area (Å²) in [7, 11) is 0. The van der Waals surface area contributed by atoms with E-state index in [0.717, 1.165) is 24.0 Å². The lowest BCUT2D eigenvalue weighted by Gasteiger charge is -2.12. The van der Waals surface area contributed by atoms with Crippen molar-refractivity contribution in [2.24, 2.45) is 0 Å². The minimum Gasteiger partial charge on any atom is -0.272 e. The number of nitrogens with one attached hydrogen (secondary N) is 1. The molecule has 0 bridgehead atoms. The van der Waals surface area contributed by atoms with Gasteiger partial charge in [0, 0.05) is 0 Å². The first kappa shape index (κ1) is 13.1. The normalized spacial score (nSPS) is 15.9. The van der Waals surface area contributed by atoms with E-state index in [1.807, 2.05) is 13.8 Å². The SMILES string of the molecule is Cc1ccc(C)c(CC(=O)NOC2CCCC2)c1. The average Bonchev–Trinajstić information content (AvgIpc) is 2.84. The Kier molecular flexibility index (Phi) is 4.37. The Morgan fingerprint density at radius 2 is 2.06 bits per heavy atom. The maximum Gasteiger partial charge on any atom is 0.247 e. The molecule has 1 fully saturated rings. The predicted octanol–water partition coefficient (Wildman–Crippen LogP) is 2.84. The Morgan fingerprint density at radius 3 is 2.78 bits per heavy atom. The number of carbonyl (C=O) groups excluding carboxylic acids is 1. The number of benzene rings is 1. The first-order valence-electron chi connectivity index (χ1n) is 6.66. The molecule has 2 rings (SSSR count). The molecule has 0 aliphatic heterocycles. The van der Waals surface area contributed by atoms with Crippen LogP contribution in [0.25, 0.3) is 0 Å². The van der Waals surface area contributed by atoms with E-state index in [1.165, 1.54) is 18.4 Å². The largest absolute Gasteiger partial charge is 0.272 e. The van der Waals surface area contributed by atoms with Gasteiger partial charge in [0.15, 0.2) is 0 Å². The molecule has 3 nitrogen and oxygen atoms in total. The molecular weight excluding hydrogens is 226 g/mol. The van der Waals surface area contributed by atoms with Gasteiger partial charge in [0.2, 0.25) is 5.91 Å². The fourth-order valence-corrected chi connectivity index (χ4v) is 2.36. The van der Waals surface area contributed by atoms with E-state index in [1.54, 1.807) is 0 Å². The second-order valence-electron chi connectivity index (χ2n) is 5.16. The van der Waals surface area contributed by atoms with Crippen molar-refractivity contribution in [1.29, 1.82) is 0 Å². The van der Waals surface area contributed by atoms with Crippen molar-refractivity contribution < 1.29 is 9.63 Å². The van der Waals surface area contributed by atoms with Crippen molar-refractivity contribution in [3.63, 3.8) is 0 Å². The first-order chi connectivity index (χ1) is 8.65. The van der Waals surface area contributed by atoms with Gasteiger partial charge in [0.1, 0.15) is 0 Å². The summed E-state index contributed by atoms with van der Waals surface area (Å²) in [5, 5.41) is 0. The number of hydroxylamine groups is 1. The maximum atomic E-state index is 11.8. The molecule has 0 unspecified atom stereocenters. The van der Waals surface area contributed by atoms with Gasteiger partial charge in [-0.05, 0) is 37.8 Å². The third kappa shape index (κ3) is 3.57.